The lowest BCUT2D eigenvalue weighted by molar-refractivity contribution is -0.140. The highest BCUT2D eigenvalue weighted by molar-refractivity contribution is 7.92. The quantitative estimate of drug-likeness (QED) is 0.415. The highest BCUT2D eigenvalue weighted by Crippen LogP contribution is 2.25. The van der Waals surface area contributed by atoms with Crippen LogP contribution in [0.2, 0.25) is 5.02 Å². The van der Waals surface area contributed by atoms with Gasteiger partial charge in [-0.15, -0.1) is 0 Å². The van der Waals surface area contributed by atoms with Crippen molar-refractivity contribution in [2.24, 2.45) is 0 Å². The Morgan fingerprint density at radius 1 is 1.00 bits per heavy atom. The molecular formula is C24H20ClNO4S. The lowest BCUT2D eigenvalue weighted by Crippen LogP contribution is -2.13. The molecule has 0 fully saturated rings. The fourth-order valence-electron chi connectivity index (χ4n) is 2.79. The molecule has 0 saturated carbocycles. The van der Waals surface area contributed by atoms with Gasteiger partial charge in [0.2, 0.25) is 0 Å². The minimum absolute atomic E-state index is 0.131. The van der Waals surface area contributed by atoms with Gasteiger partial charge in [0.15, 0.2) is 0 Å². The zero-order valence-corrected chi connectivity index (χ0v) is 18.3. The van der Waals surface area contributed by atoms with Crippen LogP contribution in [0.3, 0.4) is 0 Å². The Balaban J connectivity index is 1.81. The summed E-state index contributed by atoms with van der Waals surface area (Å²) in [5.74, 6) is 5.35. The molecule has 5 nitrogen and oxygen atoms in total. The van der Waals surface area contributed by atoms with Crippen molar-refractivity contribution in [2.45, 2.75) is 17.7 Å². The van der Waals surface area contributed by atoms with E-state index in [2.05, 4.69) is 21.3 Å². The van der Waals surface area contributed by atoms with Crippen molar-refractivity contribution >= 4 is 33.3 Å². The molecule has 0 aliphatic rings. The number of methoxy groups -OCH3 is 1. The Morgan fingerprint density at radius 3 is 2.35 bits per heavy atom. The van der Waals surface area contributed by atoms with E-state index in [0.29, 0.717) is 16.3 Å². The number of nitrogens with one attached hydrogen (secondary N) is 1. The summed E-state index contributed by atoms with van der Waals surface area (Å²) in [5.41, 5.74) is 2.65. The van der Waals surface area contributed by atoms with Crippen LogP contribution < -0.4 is 4.72 Å². The lowest BCUT2D eigenvalue weighted by atomic mass is 10.1. The summed E-state index contributed by atoms with van der Waals surface area (Å²) in [7, 11) is -2.52. The van der Waals surface area contributed by atoms with Crippen molar-refractivity contribution in [3.8, 4) is 23.0 Å². The van der Waals surface area contributed by atoms with Gasteiger partial charge in [-0.1, -0.05) is 65.9 Å². The smallest absolute Gasteiger partial charge is 0.306 e. The molecule has 31 heavy (non-hydrogen) atoms. The average Bonchev–Trinajstić information content (AvgIpc) is 2.78. The maximum absolute atomic E-state index is 12.9. The van der Waals surface area contributed by atoms with E-state index in [0.717, 1.165) is 11.1 Å². The molecule has 0 spiro atoms. The summed E-state index contributed by atoms with van der Waals surface area (Å²) in [6, 6.07) is 21.0. The minimum atomic E-state index is -3.83. The van der Waals surface area contributed by atoms with E-state index in [1.807, 2.05) is 30.3 Å². The molecule has 0 aliphatic carbocycles. The van der Waals surface area contributed by atoms with Crippen LogP contribution in [0.4, 0.5) is 5.69 Å². The molecule has 3 rings (SSSR count). The molecule has 0 heterocycles. The van der Waals surface area contributed by atoms with E-state index in [4.69, 9.17) is 11.6 Å². The van der Waals surface area contributed by atoms with Gasteiger partial charge in [-0.3, -0.25) is 9.52 Å². The zero-order valence-electron chi connectivity index (χ0n) is 16.8. The lowest BCUT2D eigenvalue weighted by Gasteiger charge is -2.11. The molecule has 0 aliphatic heterocycles. The normalized spacial score (nSPS) is 10.6. The average molecular weight is 454 g/mol. The molecule has 7 heteroatoms. The molecule has 0 aromatic heterocycles. The summed E-state index contributed by atoms with van der Waals surface area (Å²) >= 11 is 6.05. The van der Waals surface area contributed by atoms with Crippen LogP contribution in [-0.4, -0.2) is 21.5 Å². The standard InChI is InChI=1S/C24H20ClNO4S/c1-30-24(27)10-6-5-9-20-17-21(25)13-16-23(20)26-31(28,29)22-14-11-19(12-15-22)18-7-3-2-4-8-18/h2-4,7-8,11-17,26H,6,10H2,1H3. The SMILES string of the molecule is COC(=O)CCC#Cc1cc(Cl)ccc1NS(=O)(=O)c1ccc(-c2ccccc2)cc1. The number of halogens is 1. The van der Waals surface area contributed by atoms with Crippen LogP contribution in [0.15, 0.2) is 77.7 Å². The molecule has 0 unspecified atom stereocenters. The second kappa shape index (κ2) is 10.2. The summed E-state index contributed by atoms with van der Waals surface area (Å²) in [4.78, 5) is 11.3. The first-order valence-corrected chi connectivity index (χ1v) is 11.3. The highest BCUT2D eigenvalue weighted by Gasteiger charge is 2.16. The number of hydrogen-bond acceptors (Lipinski definition) is 4. The Bertz CT molecular complexity index is 1230. The van der Waals surface area contributed by atoms with E-state index in [-0.39, 0.29) is 23.7 Å². The van der Waals surface area contributed by atoms with Gasteiger partial charge in [0, 0.05) is 11.4 Å². The van der Waals surface area contributed by atoms with Gasteiger partial charge in [-0.2, -0.15) is 0 Å². The number of carbonyl (C=O) groups is 1. The first-order valence-electron chi connectivity index (χ1n) is 9.42. The van der Waals surface area contributed by atoms with E-state index in [9.17, 15) is 13.2 Å². The third-order valence-electron chi connectivity index (χ3n) is 4.40. The second-order valence-corrected chi connectivity index (χ2v) is 8.68. The van der Waals surface area contributed by atoms with Crippen LogP contribution >= 0.6 is 11.6 Å². The number of benzene rings is 3. The third-order valence-corrected chi connectivity index (χ3v) is 6.02. The van der Waals surface area contributed by atoms with Gasteiger partial charge in [-0.05, 0) is 41.5 Å². The number of rotatable bonds is 6. The monoisotopic (exact) mass is 453 g/mol. The van der Waals surface area contributed by atoms with Crippen molar-refractivity contribution in [3.63, 3.8) is 0 Å². The van der Waals surface area contributed by atoms with Crippen molar-refractivity contribution in [2.75, 3.05) is 11.8 Å². The molecule has 0 radical (unpaired) electrons. The fourth-order valence-corrected chi connectivity index (χ4v) is 4.05. The summed E-state index contributed by atoms with van der Waals surface area (Å²) in [6.45, 7) is 0. The molecule has 3 aromatic carbocycles. The van der Waals surface area contributed by atoms with Gasteiger partial charge in [-0.25, -0.2) is 8.42 Å². The van der Waals surface area contributed by atoms with Crippen LogP contribution in [-0.2, 0) is 19.6 Å². The van der Waals surface area contributed by atoms with Gasteiger partial charge < -0.3 is 4.74 Å². The summed E-state index contributed by atoms with van der Waals surface area (Å²) < 4.78 is 32.9. The molecule has 0 bridgehead atoms. The predicted molar refractivity (Wildman–Crippen MR) is 122 cm³/mol. The number of carbonyl (C=O) groups excluding carboxylic acids is 1. The molecular weight excluding hydrogens is 434 g/mol. The number of esters is 1. The van der Waals surface area contributed by atoms with Crippen LogP contribution in [0.1, 0.15) is 18.4 Å². The number of sulfonamides is 1. The largest absolute Gasteiger partial charge is 0.469 e. The zero-order chi connectivity index (χ0) is 22.3. The molecule has 3 aromatic rings. The van der Waals surface area contributed by atoms with Gasteiger partial charge in [0.25, 0.3) is 10.0 Å². The molecule has 0 amide bonds. The van der Waals surface area contributed by atoms with E-state index in [1.54, 1.807) is 42.5 Å². The van der Waals surface area contributed by atoms with Crippen molar-refractivity contribution in [3.05, 3.63) is 83.4 Å². The maximum Gasteiger partial charge on any atom is 0.306 e. The van der Waals surface area contributed by atoms with E-state index < -0.39 is 10.0 Å². The van der Waals surface area contributed by atoms with Crippen molar-refractivity contribution in [1.82, 2.24) is 0 Å². The molecule has 0 atom stereocenters. The maximum atomic E-state index is 12.9. The topological polar surface area (TPSA) is 72.5 Å². The molecule has 158 valence electrons. The molecule has 1 N–H and O–H groups in total. The fraction of sp³-hybridized carbons (Fsp3) is 0.125. The van der Waals surface area contributed by atoms with Gasteiger partial charge in [0.1, 0.15) is 0 Å². The number of hydrogen-bond donors (Lipinski definition) is 1. The Hall–Kier alpha value is -3.27. The van der Waals surface area contributed by atoms with Gasteiger partial charge >= 0.3 is 5.97 Å². The number of ether oxygens (including phenoxy) is 1. The Labute approximate surface area is 187 Å². The third kappa shape index (κ3) is 6.11. The first kappa shape index (κ1) is 22.4. The Morgan fingerprint density at radius 2 is 1.68 bits per heavy atom. The van der Waals surface area contributed by atoms with Crippen molar-refractivity contribution < 1.29 is 17.9 Å². The first-order chi connectivity index (χ1) is 14.9. The number of anilines is 1. The van der Waals surface area contributed by atoms with Gasteiger partial charge in [0.05, 0.1) is 29.7 Å². The van der Waals surface area contributed by atoms with Crippen LogP contribution in [0, 0.1) is 11.8 Å². The summed E-state index contributed by atoms with van der Waals surface area (Å²) in [5, 5.41) is 0.424. The van der Waals surface area contributed by atoms with Crippen LogP contribution in [0.25, 0.3) is 11.1 Å². The highest BCUT2D eigenvalue weighted by atomic mass is 35.5. The predicted octanol–water partition coefficient (Wildman–Crippen LogP) is 5.11. The summed E-state index contributed by atoms with van der Waals surface area (Å²) in [6.07, 6.45) is 0.436. The van der Waals surface area contributed by atoms with E-state index in [1.165, 1.54) is 7.11 Å². The Kier molecular flexibility index (Phi) is 7.35. The van der Waals surface area contributed by atoms with Crippen molar-refractivity contribution in [1.29, 1.82) is 0 Å². The second-order valence-electron chi connectivity index (χ2n) is 6.56. The molecule has 0 saturated heterocycles. The minimum Gasteiger partial charge on any atom is -0.469 e. The van der Waals surface area contributed by atoms with E-state index >= 15 is 0 Å². The van der Waals surface area contributed by atoms with Crippen LogP contribution in [0.5, 0.6) is 0 Å².